The fourth-order valence-corrected chi connectivity index (χ4v) is 14.3. The molecule has 17 atom stereocenters. The number of unbranched alkanes of at least 4 members (excludes halogenated alkanes) is 45. The van der Waals surface area contributed by atoms with E-state index >= 15 is 0 Å². The first kappa shape index (κ1) is 93.2. The summed E-state index contributed by atoms with van der Waals surface area (Å²) in [5.74, 6) is -0.236. The molecule has 1 amide bonds. The monoisotopic (exact) mass is 1440 g/mol. The van der Waals surface area contributed by atoms with Crippen molar-refractivity contribution in [3.63, 3.8) is 0 Å². The van der Waals surface area contributed by atoms with Gasteiger partial charge in [-0.15, -0.1) is 0 Å². The summed E-state index contributed by atoms with van der Waals surface area (Å²) < 4.78 is 34.5. The Hall–Kier alpha value is -1.99. The highest BCUT2D eigenvalue weighted by molar-refractivity contribution is 5.76. The molecule has 0 aromatic rings. The molecule has 0 aliphatic carbocycles. The van der Waals surface area contributed by atoms with Gasteiger partial charge in [0.05, 0.1) is 38.6 Å². The lowest BCUT2D eigenvalue weighted by atomic mass is 9.96. The molecule has 3 aliphatic rings. The van der Waals surface area contributed by atoms with E-state index in [2.05, 4.69) is 55.6 Å². The maximum atomic E-state index is 13.5. The molecule has 0 bridgehead atoms. The summed E-state index contributed by atoms with van der Waals surface area (Å²) in [7, 11) is 0. The Morgan fingerprint density at radius 2 is 0.653 bits per heavy atom. The maximum Gasteiger partial charge on any atom is 0.220 e. The van der Waals surface area contributed by atoms with Crippen molar-refractivity contribution in [1.29, 1.82) is 0 Å². The number of nitrogens with one attached hydrogen (secondary N) is 1. The predicted molar refractivity (Wildman–Crippen MR) is 402 cm³/mol. The van der Waals surface area contributed by atoms with E-state index in [4.69, 9.17) is 28.4 Å². The highest BCUT2D eigenvalue weighted by Gasteiger charge is 2.54. The molecule has 3 heterocycles. The first-order valence-corrected chi connectivity index (χ1v) is 41.7. The van der Waals surface area contributed by atoms with Crippen LogP contribution in [0.2, 0.25) is 0 Å². The molecule has 19 heteroatoms. The van der Waals surface area contributed by atoms with Gasteiger partial charge in [0.1, 0.15) is 73.2 Å². The van der Waals surface area contributed by atoms with Crippen molar-refractivity contribution < 1.29 is 89.4 Å². The van der Waals surface area contributed by atoms with Gasteiger partial charge in [-0.1, -0.05) is 326 Å². The second kappa shape index (κ2) is 63.0. The Bertz CT molecular complexity index is 1960. The molecule has 0 aromatic heterocycles. The van der Waals surface area contributed by atoms with Crippen molar-refractivity contribution >= 4 is 5.91 Å². The second-order valence-corrected chi connectivity index (χ2v) is 29.9. The van der Waals surface area contributed by atoms with Crippen LogP contribution in [-0.2, 0) is 33.2 Å². The molecule has 3 fully saturated rings. The van der Waals surface area contributed by atoms with Gasteiger partial charge in [0.25, 0.3) is 0 Å². The third-order valence-corrected chi connectivity index (χ3v) is 21.0. The van der Waals surface area contributed by atoms with Crippen LogP contribution >= 0.6 is 0 Å². The summed E-state index contributed by atoms with van der Waals surface area (Å²) >= 11 is 0. The van der Waals surface area contributed by atoms with E-state index in [1.165, 1.54) is 257 Å². The van der Waals surface area contributed by atoms with Crippen LogP contribution in [0.5, 0.6) is 0 Å². The Balaban J connectivity index is 1.31. The average Bonchev–Trinajstić information content (AvgIpc) is 0.789. The number of rotatable bonds is 67. The molecule has 3 rings (SSSR count). The molecule has 19 nitrogen and oxygen atoms in total. The molecule has 594 valence electrons. The smallest absolute Gasteiger partial charge is 0.220 e. The third kappa shape index (κ3) is 43.0. The number of aliphatic hydroxyl groups is 11. The van der Waals surface area contributed by atoms with E-state index in [-0.39, 0.29) is 18.9 Å². The van der Waals surface area contributed by atoms with Crippen molar-refractivity contribution in [1.82, 2.24) is 5.32 Å². The van der Waals surface area contributed by atoms with Crippen LogP contribution in [-0.4, -0.2) is 193 Å². The molecule has 12 N–H and O–H groups in total. The summed E-state index contributed by atoms with van der Waals surface area (Å²) in [6.07, 6.45) is 51.0. The van der Waals surface area contributed by atoms with Gasteiger partial charge in [0.2, 0.25) is 5.91 Å². The van der Waals surface area contributed by atoms with Crippen LogP contribution in [0.3, 0.4) is 0 Å². The predicted octanol–water partition coefficient (Wildman–Crippen LogP) is 14.3. The molecule has 0 aromatic carbocycles. The topological polar surface area (TPSA) is 307 Å². The zero-order valence-electron chi connectivity index (χ0n) is 63.7. The average molecular weight is 1440 g/mol. The fraction of sp³-hybridized carbons (Fsp3) is 0.915. The van der Waals surface area contributed by atoms with Crippen molar-refractivity contribution in [3.8, 4) is 0 Å². The molecule has 0 radical (unpaired) electrons. The van der Waals surface area contributed by atoms with E-state index in [9.17, 15) is 61.0 Å². The number of carbonyl (C=O) groups excluding carboxylic acids is 1. The Morgan fingerprint density at radius 1 is 0.356 bits per heavy atom. The molecular formula is C82H153NO18. The van der Waals surface area contributed by atoms with Crippen molar-refractivity contribution in [2.75, 3.05) is 26.4 Å². The molecule has 17 unspecified atom stereocenters. The lowest BCUT2D eigenvalue weighted by molar-refractivity contribution is -0.379. The highest BCUT2D eigenvalue weighted by atomic mass is 16.8. The third-order valence-electron chi connectivity index (χ3n) is 21.0. The second-order valence-electron chi connectivity index (χ2n) is 29.9. The normalized spacial score (nSPS) is 26.4. The van der Waals surface area contributed by atoms with Gasteiger partial charge in [0, 0.05) is 6.42 Å². The summed E-state index contributed by atoms with van der Waals surface area (Å²) in [5.41, 5.74) is 0. The quantitative estimate of drug-likeness (QED) is 0.0199. The van der Waals surface area contributed by atoms with Crippen LogP contribution in [0.25, 0.3) is 0 Å². The zero-order valence-corrected chi connectivity index (χ0v) is 63.7. The van der Waals surface area contributed by atoms with E-state index in [1.807, 2.05) is 0 Å². The molecule has 3 aliphatic heterocycles. The van der Waals surface area contributed by atoms with Gasteiger partial charge in [-0.2, -0.15) is 0 Å². The number of hydrogen-bond acceptors (Lipinski definition) is 18. The van der Waals surface area contributed by atoms with Crippen molar-refractivity contribution in [2.45, 2.75) is 452 Å². The minimum Gasteiger partial charge on any atom is -0.394 e. The van der Waals surface area contributed by atoms with Gasteiger partial charge < -0.3 is 89.9 Å². The van der Waals surface area contributed by atoms with Crippen LogP contribution < -0.4 is 5.32 Å². The zero-order chi connectivity index (χ0) is 73.2. The largest absolute Gasteiger partial charge is 0.394 e. The van der Waals surface area contributed by atoms with Gasteiger partial charge in [-0.3, -0.25) is 4.79 Å². The minimum atomic E-state index is -1.97. The van der Waals surface area contributed by atoms with E-state index in [1.54, 1.807) is 0 Å². The minimum absolute atomic E-state index is 0.236. The van der Waals surface area contributed by atoms with Crippen molar-refractivity contribution in [3.05, 3.63) is 36.5 Å². The molecule has 0 spiro atoms. The number of amides is 1. The number of allylic oxidation sites excluding steroid dienone is 6. The number of carbonyl (C=O) groups is 1. The number of hydrogen-bond donors (Lipinski definition) is 12. The number of aliphatic hydroxyl groups excluding tert-OH is 11. The van der Waals surface area contributed by atoms with Crippen LogP contribution in [0.4, 0.5) is 0 Å². The van der Waals surface area contributed by atoms with Crippen molar-refractivity contribution in [2.24, 2.45) is 0 Å². The highest BCUT2D eigenvalue weighted by Crippen LogP contribution is 2.33. The summed E-state index contributed by atoms with van der Waals surface area (Å²) in [6, 6.07) is -0.886. The van der Waals surface area contributed by atoms with Gasteiger partial charge >= 0.3 is 0 Å². The van der Waals surface area contributed by atoms with Crippen LogP contribution in [0.15, 0.2) is 36.5 Å². The van der Waals surface area contributed by atoms with E-state index in [0.29, 0.717) is 12.8 Å². The van der Waals surface area contributed by atoms with Crippen LogP contribution in [0.1, 0.15) is 348 Å². The van der Waals surface area contributed by atoms with Gasteiger partial charge in [0.15, 0.2) is 18.9 Å². The first-order valence-electron chi connectivity index (χ1n) is 41.7. The van der Waals surface area contributed by atoms with Gasteiger partial charge in [-0.05, 0) is 51.4 Å². The van der Waals surface area contributed by atoms with Crippen LogP contribution in [0, 0.1) is 0 Å². The van der Waals surface area contributed by atoms with Gasteiger partial charge in [-0.25, -0.2) is 0 Å². The standard InChI is InChI=1S/C82H153NO18/c1-3-5-7-9-11-13-15-17-19-21-23-24-25-26-27-28-29-30-31-32-33-34-35-36-37-38-39-40-42-44-46-48-50-52-54-56-58-60-70(88)83-65(66(87)59-57-55-53-51-49-47-45-43-41-22-20-18-16-14-12-10-8-6-4-2)64-96-80-76(94)73(91)78(68(62-85)98-80)101-82-77(95)74(92)79(69(63-86)99-82)100-81-75(93)72(90)71(89)67(61-84)97-81/h15,17,21,23,25-26,65-69,71-82,84-87,89-95H,3-14,16,18-20,22,24,27-64H2,1-2H3,(H,83,88)/b17-15-,23-21-,26-25-. The maximum absolute atomic E-state index is 13.5. The van der Waals surface area contributed by atoms with E-state index in [0.717, 1.165) is 57.8 Å². The Kier molecular flexibility index (Phi) is 58.1. The summed E-state index contributed by atoms with van der Waals surface area (Å²) in [5, 5.41) is 121. The number of ether oxygens (including phenoxy) is 6. The lowest BCUT2D eigenvalue weighted by Crippen LogP contribution is -2.66. The molecular weight excluding hydrogens is 1290 g/mol. The SMILES string of the molecule is CCCCCCC/C=C\C/C=C\C/C=C\CCCCCCCCCCCCCCCCCCCCCCCCC(=O)NC(COC1OC(CO)C(OC2OC(CO)C(OC3OC(CO)C(O)C(O)C3O)C(O)C2O)C(O)C1O)C(O)CCCCCCCCCCCCCCCCCCCCC. The first-order chi connectivity index (χ1) is 49.3. The molecule has 0 saturated carbocycles. The Morgan fingerprint density at radius 3 is 1.02 bits per heavy atom. The molecule has 101 heavy (non-hydrogen) atoms. The summed E-state index contributed by atoms with van der Waals surface area (Å²) in [4.78, 5) is 13.5. The lowest BCUT2D eigenvalue weighted by Gasteiger charge is -2.48. The Labute approximate surface area is 612 Å². The fourth-order valence-electron chi connectivity index (χ4n) is 14.3. The van der Waals surface area contributed by atoms with E-state index < -0.39 is 124 Å². The molecule has 3 saturated heterocycles. The summed E-state index contributed by atoms with van der Waals surface area (Å²) in [6.45, 7) is 1.84.